The molecule has 0 bridgehead atoms. The number of aliphatic hydroxyl groups is 1. The molecule has 33 heavy (non-hydrogen) atoms. The van der Waals surface area contributed by atoms with E-state index >= 15 is 0 Å². The Balaban J connectivity index is 2.09. The number of benzene rings is 1. The Bertz CT molecular complexity index is 791. The molecular formula is C26H40O6S. The first-order valence-electron chi connectivity index (χ1n) is 11.7. The van der Waals surface area contributed by atoms with E-state index in [-0.39, 0.29) is 16.0 Å². The van der Waals surface area contributed by atoms with Crippen LogP contribution < -0.4 is 9.47 Å². The molecule has 0 spiro atoms. The molecule has 0 aromatic heterocycles. The second-order valence-corrected chi connectivity index (χ2v) is 11.2. The number of unbranched alkanes of at least 4 members (excludes halogenated alkanes) is 1. The van der Waals surface area contributed by atoms with Crippen LogP contribution in [0.1, 0.15) is 82.1 Å². The summed E-state index contributed by atoms with van der Waals surface area (Å²) in [6.45, 7) is 9.10. The Morgan fingerprint density at radius 1 is 1.18 bits per heavy atom. The molecule has 6 nitrogen and oxygen atoms in total. The van der Waals surface area contributed by atoms with Gasteiger partial charge in [-0.25, -0.2) is 0 Å². The van der Waals surface area contributed by atoms with E-state index < -0.39 is 5.79 Å². The van der Waals surface area contributed by atoms with E-state index in [4.69, 9.17) is 18.9 Å². The summed E-state index contributed by atoms with van der Waals surface area (Å²) in [5.74, 6) is 0.626. The molecule has 1 saturated heterocycles. The van der Waals surface area contributed by atoms with E-state index in [1.165, 1.54) is 11.8 Å². The van der Waals surface area contributed by atoms with Gasteiger partial charge in [-0.2, -0.15) is 0 Å². The molecule has 1 aromatic carbocycles. The number of allylic oxidation sites excluding steroid dienone is 1. The van der Waals surface area contributed by atoms with Crippen molar-refractivity contribution in [2.45, 2.75) is 82.9 Å². The molecule has 2 rings (SSSR count). The summed E-state index contributed by atoms with van der Waals surface area (Å²) in [7, 11) is 3.17. The van der Waals surface area contributed by atoms with E-state index in [1.807, 2.05) is 32.9 Å². The zero-order valence-electron chi connectivity index (χ0n) is 20.9. The quantitative estimate of drug-likeness (QED) is 0.376. The lowest BCUT2D eigenvalue weighted by Gasteiger charge is -2.27. The molecule has 186 valence electrons. The number of ether oxygens (including phenoxy) is 4. The Morgan fingerprint density at radius 2 is 1.85 bits per heavy atom. The first kappa shape index (κ1) is 27.7. The van der Waals surface area contributed by atoms with Gasteiger partial charge in [0.15, 0.2) is 5.79 Å². The molecule has 1 aliphatic rings. The van der Waals surface area contributed by atoms with Crippen molar-refractivity contribution in [1.29, 1.82) is 0 Å². The van der Waals surface area contributed by atoms with Crippen molar-refractivity contribution in [3.05, 3.63) is 29.3 Å². The highest BCUT2D eigenvalue weighted by molar-refractivity contribution is 8.15. The van der Waals surface area contributed by atoms with Crippen LogP contribution in [0.15, 0.2) is 18.2 Å². The zero-order chi connectivity index (χ0) is 24.5. The van der Waals surface area contributed by atoms with Crippen molar-refractivity contribution in [3.8, 4) is 11.5 Å². The summed E-state index contributed by atoms with van der Waals surface area (Å²) in [5, 5.41) is 9.51. The van der Waals surface area contributed by atoms with Crippen LogP contribution in [-0.2, 0) is 9.47 Å². The van der Waals surface area contributed by atoms with Crippen molar-refractivity contribution in [1.82, 2.24) is 0 Å². The molecule has 0 amide bonds. The predicted molar refractivity (Wildman–Crippen MR) is 134 cm³/mol. The molecule has 1 aromatic rings. The molecule has 0 radical (unpaired) electrons. The second kappa shape index (κ2) is 12.8. The van der Waals surface area contributed by atoms with Crippen molar-refractivity contribution in [2.75, 3.05) is 27.4 Å². The lowest BCUT2D eigenvalue weighted by molar-refractivity contribution is -0.168. The third-order valence-electron chi connectivity index (χ3n) is 5.38. The summed E-state index contributed by atoms with van der Waals surface area (Å²) in [6.07, 6.45) is 8.66. The van der Waals surface area contributed by atoms with Gasteiger partial charge in [-0.15, -0.1) is 0 Å². The van der Waals surface area contributed by atoms with Gasteiger partial charge in [0.25, 0.3) is 0 Å². The van der Waals surface area contributed by atoms with Crippen LogP contribution in [0.3, 0.4) is 0 Å². The molecule has 1 heterocycles. The van der Waals surface area contributed by atoms with Crippen LogP contribution in [0.2, 0.25) is 0 Å². The minimum absolute atomic E-state index is 0.0218. The fourth-order valence-electron chi connectivity index (χ4n) is 3.85. The van der Waals surface area contributed by atoms with Crippen molar-refractivity contribution >= 4 is 23.0 Å². The summed E-state index contributed by atoms with van der Waals surface area (Å²) in [6, 6.07) is 3.62. The highest BCUT2D eigenvalue weighted by atomic mass is 32.2. The normalized spacial score (nSPS) is 16.8. The Labute approximate surface area is 203 Å². The van der Waals surface area contributed by atoms with Gasteiger partial charge >= 0.3 is 0 Å². The largest absolute Gasteiger partial charge is 0.497 e. The summed E-state index contributed by atoms with van der Waals surface area (Å²) >= 11 is 1.29. The summed E-state index contributed by atoms with van der Waals surface area (Å²) in [4.78, 5) is 13.1. The first-order chi connectivity index (χ1) is 15.6. The van der Waals surface area contributed by atoms with E-state index in [1.54, 1.807) is 27.2 Å². The second-order valence-electron chi connectivity index (χ2n) is 9.44. The molecule has 1 unspecified atom stereocenters. The van der Waals surface area contributed by atoms with Crippen molar-refractivity contribution in [2.24, 2.45) is 0 Å². The van der Waals surface area contributed by atoms with Gasteiger partial charge in [-0.3, -0.25) is 4.79 Å². The van der Waals surface area contributed by atoms with Crippen LogP contribution in [0.25, 0.3) is 6.08 Å². The number of methoxy groups -OCH3 is 2. The van der Waals surface area contributed by atoms with Crippen LogP contribution >= 0.6 is 11.8 Å². The number of aliphatic hydroxyl groups excluding tert-OH is 1. The average molecular weight is 481 g/mol. The first-order valence-corrected chi connectivity index (χ1v) is 12.5. The number of hydrogen-bond donors (Lipinski definition) is 1. The molecule has 0 aliphatic carbocycles. The summed E-state index contributed by atoms with van der Waals surface area (Å²) < 4.78 is 22.6. The fraction of sp³-hybridized carbons (Fsp3) is 0.654. The van der Waals surface area contributed by atoms with E-state index in [0.717, 1.165) is 44.1 Å². The third-order valence-corrected chi connectivity index (χ3v) is 6.39. The molecule has 7 heteroatoms. The number of carbonyl (C=O) groups is 1. The Hall–Kier alpha value is -1.54. The van der Waals surface area contributed by atoms with E-state index in [2.05, 4.69) is 6.08 Å². The molecule has 1 aliphatic heterocycles. The van der Waals surface area contributed by atoms with Crippen LogP contribution in [-0.4, -0.2) is 54.3 Å². The number of hydrogen-bond acceptors (Lipinski definition) is 7. The minimum atomic E-state index is -0.535. The fourth-order valence-corrected chi connectivity index (χ4v) is 4.72. The van der Waals surface area contributed by atoms with Gasteiger partial charge in [0, 0.05) is 23.7 Å². The smallest absolute Gasteiger partial charge is 0.224 e. The highest BCUT2D eigenvalue weighted by Gasteiger charge is 2.35. The van der Waals surface area contributed by atoms with Gasteiger partial charge in [0.05, 0.1) is 39.1 Å². The molecule has 0 saturated carbocycles. The maximum atomic E-state index is 13.1. The third kappa shape index (κ3) is 8.96. The molecule has 1 atom stereocenters. The standard InChI is InChI=1S/C26H40O6S/c1-19(27)11-10-14-26(31-15-16-32-26)13-9-7-8-12-20-17-21(29-5)18-22(30-6)23(20)24(28)33-25(2,3)4/h8,12,17-19,27H,7,9-11,13-16H2,1-6H3/b12-8+. The molecular weight excluding hydrogens is 440 g/mol. The SMILES string of the molecule is COc1cc(/C=C/CCCC2(CCCC(C)O)OCCO2)c(C(=O)SC(C)(C)C)c(OC)c1. The predicted octanol–water partition coefficient (Wildman–Crippen LogP) is 5.85. The van der Waals surface area contributed by atoms with Gasteiger partial charge in [0.1, 0.15) is 11.5 Å². The monoisotopic (exact) mass is 480 g/mol. The van der Waals surface area contributed by atoms with E-state index in [9.17, 15) is 9.90 Å². The molecule has 1 fully saturated rings. The average Bonchev–Trinajstić information content (AvgIpc) is 3.20. The van der Waals surface area contributed by atoms with Crippen molar-refractivity contribution < 1.29 is 28.8 Å². The lowest BCUT2D eigenvalue weighted by Crippen LogP contribution is -2.30. The minimum Gasteiger partial charge on any atom is -0.497 e. The Kier molecular flexibility index (Phi) is 10.7. The van der Waals surface area contributed by atoms with Gasteiger partial charge in [-0.05, 0) is 44.2 Å². The molecule has 1 N–H and O–H groups in total. The van der Waals surface area contributed by atoms with Gasteiger partial charge < -0.3 is 24.1 Å². The van der Waals surface area contributed by atoms with E-state index in [0.29, 0.717) is 30.3 Å². The van der Waals surface area contributed by atoms with Gasteiger partial charge in [-0.1, -0.05) is 44.7 Å². The number of rotatable bonds is 12. The maximum Gasteiger partial charge on any atom is 0.224 e. The number of thioether (sulfide) groups is 1. The number of carbonyl (C=O) groups excluding carboxylic acids is 1. The summed E-state index contributed by atoms with van der Waals surface area (Å²) in [5.41, 5.74) is 1.35. The zero-order valence-corrected chi connectivity index (χ0v) is 21.8. The lowest BCUT2D eigenvalue weighted by atomic mass is 10.00. The highest BCUT2D eigenvalue weighted by Crippen LogP contribution is 2.36. The van der Waals surface area contributed by atoms with Crippen LogP contribution in [0.5, 0.6) is 11.5 Å². The Morgan fingerprint density at radius 3 is 2.42 bits per heavy atom. The van der Waals surface area contributed by atoms with Crippen molar-refractivity contribution in [3.63, 3.8) is 0 Å². The maximum absolute atomic E-state index is 13.1. The van der Waals surface area contributed by atoms with Crippen LogP contribution in [0.4, 0.5) is 0 Å². The topological polar surface area (TPSA) is 74.2 Å². The van der Waals surface area contributed by atoms with Gasteiger partial charge in [0.2, 0.25) is 5.12 Å². The van der Waals surface area contributed by atoms with Crippen LogP contribution in [0, 0.1) is 0 Å².